The minimum atomic E-state index is 0.699. The highest BCUT2D eigenvalue weighted by Gasteiger charge is 1.94. The molecule has 0 aliphatic rings. The van der Waals surface area contributed by atoms with Crippen LogP contribution in [0.25, 0.3) is 5.57 Å². The topological polar surface area (TPSA) is 0 Å². The summed E-state index contributed by atoms with van der Waals surface area (Å²) in [5, 5.41) is 0. The van der Waals surface area contributed by atoms with Gasteiger partial charge >= 0.3 is 0 Å². The molecule has 1 rings (SSSR count). The molecule has 0 atom stereocenters. The largest absolute Gasteiger partial charge is 0.126 e. The van der Waals surface area contributed by atoms with Crippen molar-refractivity contribution in [1.29, 1.82) is 0 Å². The van der Waals surface area contributed by atoms with Crippen LogP contribution in [-0.2, 0) is 6.42 Å². The first kappa shape index (κ1) is 11.3. The van der Waals surface area contributed by atoms with Crippen LogP contribution in [0.3, 0.4) is 0 Å². The van der Waals surface area contributed by atoms with Gasteiger partial charge in [0.25, 0.3) is 0 Å². The summed E-state index contributed by atoms with van der Waals surface area (Å²) < 4.78 is 0. The average Bonchev–Trinajstić information content (AvgIpc) is 2.26. The van der Waals surface area contributed by atoms with E-state index in [2.05, 4.69) is 44.2 Å². The van der Waals surface area contributed by atoms with Crippen LogP contribution in [0.2, 0.25) is 0 Å². The number of hydrogen-bond acceptors (Lipinski definition) is 0. The SMILES string of the molecule is CCc1ccc(/C(C)=C/CCCl)cc1. The summed E-state index contributed by atoms with van der Waals surface area (Å²) in [5.74, 6) is 0.699. The van der Waals surface area contributed by atoms with E-state index in [0.717, 1.165) is 12.8 Å². The van der Waals surface area contributed by atoms with Gasteiger partial charge in [-0.1, -0.05) is 37.3 Å². The highest BCUT2D eigenvalue weighted by Crippen LogP contribution is 2.15. The fourth-order valence-electron chi connectivity index (χ4n) is 1.39. The van der Waals surface area contributed by atoms with Gasteiger partial charge < -0.3 is 0 Å². The lowest BCUT2D eigenvalue weighted by Crippen LogP contribution is -1.83. The number of allylic oxidation sites excluding steroid dienone is 2. The lowest BCUT2D eigenvalue weighted by atomic mass is 10.0. The van der Waals surface area contributed by atoms with Crippen LogP contribution in [0.5, 0.6) is 0 Å². The van der Waals surface area contributed by atoms with Gasteiger partial charge in [-0.15, -0.1) is 11.6 Å². The van der Waals surface area contributed by atoms with E-state index in [9.17, 15) is 0 Å². The average molecular weight is 209 g/mol. The summed E-state index contributed by atoms with van der Waals surface area (Å²) in [6.07, 6.45) is 4.24. The molecule has 1 aromatic carbocycles. The van der Waals surface area contributed by atoms with Gasteiger partial charge in [-0.2, -0.15) is 0 Å². The van der Waals surface area contributed by atoms with E-state index in [1.165, 1.54) is 16.7 Å². The zero-order chi connectivity index (χ0) is 10.4. The van der Waals surface area contributed by atoms with Crippen LogP contribution in [0, 0.1) is 0 Å². The Bertz CT molecular complexity index is 296. The third kappa shape index (κ3) is 3.19. The second-order valence-electron chi connectivity index (χ2n) is 3.42. The fraction of sp³-hybridized carbons (Fsp3) is 0.385. The van der Waals surface area contributed by atoms with Crippen molar-refractivity contribution in [2.24, 2.45) is 0 Å². The molecule has 0 heterocycles. The molecule has 0 aromatic heterocycles. The molecule has 76 valence electrons. The van der Waals surface area contributed by atoms with E-state index in [-0.39, 0.29) is 0 Å². The molecule has 0 nitrogen and oxygen atoms in total. The maximum Gasteiger partial charge on any atom is 0.0258 e. The van der Waals surface area contributed by atoms with Crippen LogP contribution in [0.1, 0.15) is 31.4 Å². The first-order chi connectivity index (χ1) is 6.77. The Morgan fingerprint density at radius 3 is 2.43 bits per heavy atom. The summed E-state index contributed by atoms with van der Waals surface area (Å²) in [5.41, 5.74) is 4.00. The molecule has 0 amide bonds. The number of alkyl halides is 1. The van der Waals surface area contributed by atoms with Gasteiger partial charge in [0.05, 0.1) is 0 Å². The highest BCUT2D eigenvalue weighted by molar-refractivity contribution is 6.17. The van der Waals surface area contributed by atoms with Crippen molar-refractivity contribution >= 4 is 17.2 Å². The predicted molar refractivity (Wildman–Crippen MR) is 64.8 cm³/mol. The normalized spacial score (nSPS) is 11.8. The van der Waals surface area contributed by atoms with Crippen LogP contribution >= 0.6 is 11.6 Å². The molecule has 0 bridgehead atoms. The maximum atomic E-state index is 5.64. The van der Waals surface area contributed by atoms with Gasteiger partial charge in [0.1, 0.15) is 0 Å². The second kappa shape index (κ2) is 5.87. The van der Waals surface area contributed by atoms with Gasteiger partial charge in [-0.05, 0) is 36.5 Å². The molecule has 1 aromatic rings. The number of hydrogen-bond donors (Lipinski definition) is 0. The Morgan fingerprint density at radius 2 is 1.93 bits per heavy atom. The summed E-state index contributed by atoms with van der Waals surface area (Å²) in [6, 6.07) is 8.73. The molecule has 14 heavy (non-hydrogen) atoms. The van der Waals surface area contributed by atoms with Crippen LogP contribution < -0.4 is 0 Å². The van der Waals surface area contributed by atoms with Gasteiger partial charge in [0.2, 0.25) is 0 Å². The number of benzene rings is 1. The lowest BCUT2D eigenvalue weighted by Gasteiger charge is -2.02. The van der Waals surface area contributed by atoms with E-state index >= 15 is 0 Å². The second-order valence-corrected chi connectivity index (χ2v) is 3.79. The zero-order valence-corrected chi connectivity index (χ0v) is 9.64. The van der Waals surface area contributed by atoms with E-state index in [0.29, 0.717) is 5.88 Å². The molecule has 0 spiro atoms. The highest BCUT2D eigenvalue weighted by atomic mass is 35.5. The first-order valence-corrected chi connectivity index (χ1v) is 5.63. The predicted octanol–water partition coefficient (Wildman–Crippen LogP) is 4.28. The van der Waals surface area contributed by atoms with Crippen molar-refractivity contribution in [3.8, 4) is 0 Å². The Kier molecular flexibility index (Phi) is 4.75. The van der Waals surface area contributed by atoms with E-state index in [1.807, 2.05) is 0 Å². The molecular weight excluding hydrogens is 192 g/mol. The molecule has 0 saturated heterocycles. The van der Waals surface area contributed by atoms with Crippen molar-refractivity contribution in [2.45, 2.75) is 26.7 Å². The van der Waals surface area contributed by atoms with Crippen molar-refractivity contribution in [3.63, 3.8) is 0 Å². The summed E-state index contributed by atoms with van der Waals surface area (Å²) in [6.45, 7) is 4.30. The zero-order valence-electron chi connectivity index (χ0n) is 8.89. The van der Waals surface area contributed by atoms with Crippen molar-refractivity contribution < 1.29 is 0 Å². The van der Waals surface area contributed by atoms with Crippen LogP contribution in [0.4, 0.5) is 0 Å². The number of halogens is 1. The molecule has 0 saturated carbocycles. The summed E-state index contributed by atoms with van der Waals surface area (Å²) >= 11 is 5.64. The minimum absolute atomic E-state index is 0.699. The molecular formula is C13H17Cl. The van der Waals surface area contributed by atoms with Gasteiger partial charge in [-0.25, -0.2) is 0 Å². The standard InChI is InChI=1S/C13H17Cl/c1-3-12-6-8-13(9-7-12)11(2)5-4-10-14/h5-9H,3-4,10H2,1-2H3/b11-5+. The molecule has 0 unspecified atom stereocenters. The summed E-state index contributed by atoms with van der Waals surface area (Å²) in [7, 11) is 0. The summed E-state index contributed by atoms with van der Waals surface area (Å²) in [4.78, 5) is 0. The fourth-order valence-corrected chi connectivity index (χ4v) is 1.50. The first-order valence-electron chi connectivity index (χ1n) is 5.10. The maximum absolute atomic E-state index is 5.64. The van der Waals surface area contributed by atoms with E-state index < -0.39 is 0 Å². The lowest BCUT2D eigenvalue weighted by molar-refractivity contribution is 1.14. The molecule has 0 N–H and O–H groups in total. The Balaban J connectivity index is 2.76. The Labute approximate surface area is 91.6 Å². The third-order valence-electron chi connectivity index (χ3n) is 2.38. The van der Waals surface area contributed by atoms with Crippen LogP contribution in [-0.4, -0.2) is 5.88 Å². The van der Waals surface area contributed by atoms with Crippen molar-refractivity contribution in [3.05, 3.63) is 41.5 Å². The Morgan fingerprint density at radius 1 is 1.29 bits per heavy atom. The van der Waals surface area contributed by atoms with E-state index in [4.69, 9.17) is 11.6 Å². The molecule has 0 aliphatic carbocycles. The minimum Gasteiger partial charge on any atom is -0.126 e. The third-order valence-corrected chi connectivity index (χ3v) is 2.60. The number of rotatable bonds is 4. The van der Waals surface area contributed by atoms with Gasteiger partial charge in [-0.3, -0.25) is 0 Å². The molecule has 0 radical (unpaired) electrons. The van der Waals surface area contributed by atoms with E-state index in [1.54, 1.807) is 0 Å². The number of aryl methyl sites for hydroxylation is 1. The molecule has 0 aliphatic heterocycles. The Hall–Kier alpha value is -0.750. The quantitative estimate of drug-likeness (QED) is 0.648. The monoisotopic (exact) mass is 208 g/mol. The van der Waals surface area contributed by atoms with Crippen molar-refractivity contribution in [2.75, 3.05) is 5.88 Å². The smallest absolute Gasteiger partial charge is 0.0258 e. The van der Waals surface area contributed by atoms with Crippen LogP contribution in [0.15, 0.2) is 30.3 Å². The molecule has 1 heteroatoms. The van der Waals surface area contributed by atoms with Gasteiger partial charge in [0, 0.05) is 5.88 Å². The van der Waals surface area contributed by atoms with Crippen molar-refractivity contribution in [1.82, 2.24) is 0 Å². The molecule has 0 fully saturated rings. The van der Waals surface area contributed by atoms with Gasteiger partial charge in [0.15, 0.2) is 0 Å².